The molecule has 2 aromatic carbocycles. The van der Waals surface area contributed by atoms with E-state index in [0.717, 1.165) is 22.2 Å². The number of aromatic nitrogens is 1. The van der Waals surface area contributed by atoms with Crippen molar-refractivity contribution >= 4 is 52.2 Å². The number of oxazole rings is 1. The molecule has 3 rings (SSSR count). The molecule has 8 heteroatoms. The van der Waals surface area contributed by atoms with E-state index in [1.54, 1.807) is 6.07 Å². The van der Waals surface area contributed by atoms with E-state index in [-0.39, 0.29) is 18.3 Å². The summed E-state index contributed by atoms with van der Waals surface area (Å²) < 4.78 is 10.5. The third-order valence-electron chi connectivity index (χ3n) is 3.33. The van der Waals surface area contributed by atoms with Crippen LogP contribution in [0.5, 0.6) is 0 Å². The number of esters is 1. The predicted octanol–water partition coefficient (Wildman–Crippen LogP) is 3.82. The molecule has 1 aromatic heterocycles. The smallest absolute Gasteiger partial charge is 0.316 e. The minimum atomic E-state index is -0.509. The number of fused-ring (bicyclic) bond motifs is 1. The predicted molar refractivity (Wildman–Crippen MR) is 103 cm³/mol. The van der Waals surface area contributed by atoms with Crippen molar-refractivity contribution in [3.63, 3.8) is 0 Å². The monoisotopic (exact) mass is 388 g/mol. The molecule has 0 atom stereocenters. The summed E-state index contributed by atoms with van der Waals surface area (Å²) in [5.41, 5.74) is 2.09. The van der Waals surface area contributed by atoms with Crippen LogP contribution in [0.4, 0.5) is 5.69 Å². The highest BCUT2D eigenvalue weighted by atomic mass is 32.2. The summed E-state index contributed by atoms with van der Waals surface area (Å²) >= 11 is 2.65. The zero-order valence-corrected chi connectivity index (χ0v) is 15.6. The van der Waals surface area contributed by atoms with Gasteiger partial charge in [-0.2, -0.15) is 0 Å². The van der Waals surface area contributed by atoms with Crippen molar-refractivity contribution in [1.82, 2.24) is 4.98 Å². The van der Waals surface area contributed by atoms with Gasteiger partial charge in [0.25, 0.3) is 11.1 Å². The van der Waals surface area contributed by atoms with Crippen LogP contribution in [0.15, 0.2) is 63.1 Å². The lowest BCUT2D eigenvalue weighted by molar-refractivity contribution is -0.144. The molecule has 3 aromatic rings. The summed E-state index contributed by atoms with van der Waals surface area (Å²) in [4.78, 5) is 29.0. The number of ether oxygens (including phenoxy) is 1. The zero-order chi connectivity index (χ0) is 18.4. The molecule has 0 spiro atoms. The number of hydrogen-bond donors (Lipinski definition) is 1. The summed E-state index contributed by atoms with van der Waals surface area (Å²) in [6, 6.07) is 14.8. The minimum absolute atomic E-state index is 0.0154. The fourth-order valence-corrected chi connectivity index (χ4v) is 3.35. The van der Waals surface area contributed by atoms with Crippen LogP contribution < -0.4 is 5.32 Å². The van der Waals surface area contributed by atoms with Crippen molar-refractivity contribution in [3.05, 3.63) is 48.5 Å². The molecule has 0 aliphatic carbocycles. The van der Waals surface area contributed by atoms with Crippen LogP contribution in [-0.2, 0) is 14.3 Å². The van der Waals surface area contributed by atoms with Crippen LogP contribution in [0.1, 0.15) is 0 Å². The normalized spacial score (nSPS) is 10.7. The van der Waals surface area contributed by atoms with E-state index < -0.39 is 5.97 Å². The molecule has 26 heavy (non-hydrogen) atoms. The topological polar surface area (TPSA) is 81.4 Å². The molecule has 0 saturated carbocycles. The molecule has 1 amide bonds. The Bertz CT molecular complexity index is 893. The average molecular weight is 388 g/mol. The summed E-state index contributed by atoms with van der Waals surface area (Å²) in [7, 11) is 0. The molecule has 0 aliphatic rings. The second-order valence-corrected chi connectivity index (χ2v) is 6.92. The summed E-state index contributed by atoms with van der Waals surface area (Å²) in [5, 5.41) is 3.12. The highest BCUT2D eigenvalue weighted by molar-refractivity contribution is 7.99. The van der Waals surface area contributed by atoms with Gasteiger partial charge in [0.15, 0.2) is 12.2 Å². The van der Waals surface area contributed by atoms with Crippen LogP contribution >= 0.6 is 23.5 Å². The molecular formula is C18H16N2O4S2. The second-order valence-electron chi connectivity index (χ2n) is 5.15. The quantitative estimate of drug-likeness (QED) is 0.487. The van der Waals surface area contributed by atoms with E-state index in [2.05, 4.69) is 10.3 Å². The molecule has 6 nitrogen and oxygen atoms in total. The van der Waals surface area contributed by atoms with Gasteiger partial charge >= 0.3 is 5.97 Å². The Kier molecular flexibility index (Phi) is 6.19. The molecule has 0 bridgehead atoms. The van der Waals surface area contributed by atoms with Gasteiger partial charge in [-0.3, -0.25) is 9.59 Å². The maximum Gasteiger partial charge on any atom is 0.316 e. The third-order valence-corrected chi connectivity index (χ3v) is 4.93. The van der Waals surface area contributed by atoms with Gasteiger partial charge in [0.1, 0.15) is 11.3 Å². The van der Waals surface area contributed by atoms with Crippen molar-refractivity contribution in [2.45, 2.75) is 10.1 Å². The Morgan fingerprint density at radius 2 is 1.92 bits per heavy atom. The van der Waals surface area contributed by atoms with Crippen molar-refractivity contribution in [2.24, 2.45) is 0 Å². The number of nitrogens with one attached hydrogen (secondary N) is 1. The molecule has 1 N–H and O–H groups in total. The Hall–Kier alpha value is -2.45. The van der Waals surface area contributed by atoms with E-state index in [1.165, 1.54) is 11.8 Å². The lowest BCUT2D eigenvalue weighted by atomic mass is 10.3. The van der Waals surface area contributed by atoms with E-state index in [4.69, 9.17) is 9.15 Å². The van der Waals surface area contributed by atoms with Gasteiger partial charge in [-0.05, 0) is 30.5 Å². The Morgan fingerprint density at radius 3 is 2.73 bits per heavy atom. The SMILES string of the molecule is CSc1ccccc1NC(=O)COC(=O)CSc1nc2ccccc2o1. The minimum Gasteiger partial charge on any atom is -0.455 e. The van der Waals surface area contributed by atoms with Gasteiger partial charge in [0.2, 0.25) is 0 Å². The molecule has 0 fully saturated rings. The Balaban J connectivity index is 1.45. The maximum absolute atomic E-state index is 11.9. The molecule has 0 aliphatic heterocycles. The average Bonchev–Trinajstić information content (AvgIpc) is 3.08. The van der Waals surface area contributed by atoms with Crippen LogP contribution in [0.3, 0.4) is 0 Å². The summed E-state index contributed by atoms with van der Waals surface area (Å²) in [6.45, 7) is -0.338. The zero-order valence-electron chi connectivity index (χ0n) is 13.9. The van der Waals surface area contributed by atoms with Crippen LogP contribution in [-0.4, -0.2) is 35.5 Å². The van der Waals surface area contributed by atoms with E-state index in [0.29, 0.717) is 16.5 Å². The van der Waals surface area contributed by atoms with E-state index in [9.17, 15) is 9.59 Å². The number of rotatable bonds is 7. The van der Waals surface area contributed by atoms with Gasteiger partial charge in [0, 0.05) is 4.90 Å². The Morgan fingerprint density at radius 1 is 1.15 bits per heavy atom. The van der Waals surface area contributed by atoms with Crippen molar-refractivity contribution in [2.75, 3.05) is 23.9 Å². The van der Waals surface area contributed by atoms with Crippen molar-refractivity contribution < 1.29 is 18.7 Å². The molecular weight excluding hydrogens is 372 g/mol. The lowest BCUT2D eigenvalue weighted by Gasteiger charge is -2.09. The second kappa shape index (κ2) is 8.77. The fourth-order valence-electron chi connectivity index (χ4n) is 2.16. The van der Waals surface area contributed by atoms with Crippen molar-refractivity contribution in [1.29, 1.82) is 0 Å². The number of para-hydroxylation sites is 3. The largest absolute Gasteiger partial charge is 0.455 e. The van der Waals surface area contributed by atoms with Gasteiger partial charge in [-0.15, -0.1) is 11.8 Å². The number of anilines is 1. The molecule has 134 valence electrons. The fraction of sp³-hybridized carbons (Fsp3) is 0.167. The van der Waals surface area contributed by atoms with Crippen LogP contribution in [0.2, 0.25) is 0 Å². The van der Waals surface area contributed by atoms with Gasteiger partial charge in [0.05, 0.1) is 5.69 Å². The number of carbonyl (C=O) groups is 2. The summed E-state index contributed by atoms with van der Waals surface area (Å²) in [5.74, 6) is -0.876. The summed E-state index contributed by atoms with van der Waals surface area (Å²) in [6.07, 6.45) is 1.92. The molecule has 1 heterocycles. The lowest BCUT2D eigenvalue weighted by Crippen LogP contribution is -2.21. The highest BCUT2D eigenvalue weighted by Gasteiger charge is 2.12. The maximum atomic E-state index is 11.9. The first kappa shape index (κ1) is 18.3. The highest BCUT2D eigenvalue weighted by Crippen LogP contribution is 2.25. The number of carbonyl (C=O) groups excluding carboxylic acids is 2. The van der Waals surface area contributed by atoms with Crippen LogP contribution in [0, 0.1) is 0 Å². The van der Waals surface area contributed by atoms with E-state index in [1.807, 2.05) is 48.7 Å². The molecule has 0 radical (unpaired) electrons. The Labute approximate surface area is 158 Å². The number of hydrogen-bond acceptors (Lipinski definition) is 7. The number of benzene rings is 2. The first-order chi connectivity index (χ1) is 12.7. The first-order valence-corrected chi connectivity index (χ1v) is 9.93. The standard InChI is InChI=1S/C18H16N2O4S2/c1-25-15-9-5-3-7-13(15)19-16(21)10-23-17(22)11-26-18-20-12-6-2-4-8-14(12)24-18/h2-9H,10-11H2,1H3,(H,19,21). The van der Waals surface area contributed by atoms with Gasteiger partial charge in [-0.1, -0.05) is 36.0 Å². The van der Waals surface area contributed by atoms with Gasteiger partial charge in [-0.25, -0.2) is 4.98 Å². The molecule has 0 unspecified atom stereocenters. The number of thioether (sulfide) groups is 2. The van der Waals surface area contributed by atoms with E-state index >= 15 is 0 Å². The van der Waals surface area contributed by atoms with Crippen LogP contribution in [0.25, 0.3) is 11.1 Å². The third kappa shape index (κ3) is 4.80. The van der Waals surface area contributed by atoms with Gasteiger partial charge < -0.3 is 14.5 Å². The number of amides is 1. The number of nitrogens with zero attached hydrogens (tertiary/aromatic N) is 1. The molecule has 0 saturated heterocycles. The first-order valence-electron chi connectivity index (χ1n) is 7.72. The van der Waals surface area contributed by atoms with Crippen molar-refractivity contribution in [3.8, 4) is 0 Å².